The zero-order valence-corrected chi connectivity index (χ0v) is 7.39. The van der Waals surface area contributed by atoms with Crippen molar-refractivity contribution in [2.45, 2.75) is 0 Å². The van der Waals surface area contributed by atoms with Crippen LogP contribution in [-0.2, 0) is 0 Å². The summed E-state index contributed by atoms with van der Waals surface area (Å²) in [5.74, 6) is -1.84. The Morgan fingerprint density at radius 3 is 2.57 bits per heavy atom. The lowest BCUT2D eigenvalue weighted by atomic mass is 9.92. The molecule has 0 unspecified atom stereocenters. The van der Waals surface area contributed by atoms with E-state index in [0.717, 1.165) is 12.1 Å². The maximum absolute atomic E-state index is 13.1. The van der Waals surface area contributed by atoms with Crippen molar-refractivity contribution in [3.05, 3.63) is 35.4 Å². The third-order valence-corrected chi connectivity index (χ3v) is 2.35. The normalized spacial score (nSPS) is 16.4. The highest BCUT2D eigenvalue weighted by Crippen LogP contribution is 2.16. The Labute approximate surface area is 79.9 Å². The number of hydrogen-bond acceptors (Lipinski definition) is 2. The SMILES string of the molecule is O=C(c1ccc(F)cc1F)C1CNC1. The third kappa shape index (κ3) is 1.53. The first kappa shape index (κ1) is 9.27. The van der Waals surface area contributed by atoms with Gasteiger partial charge in [-0.05, 0) is 12.1 Å². The average molecular weight is 197 g/mol. The lowest BCUT2D eigenvalue weighted by Crippen LogP contribution is -2.46. The molecular weight excluding hydrogens is 188 g/mol. The van der Waals surface area contributed by atoms with Crippen LogP contribution in [0.3, 0.4) is 0 Å². The van der Waals surface area contributed by atoms with E-state index in [1.165, 1.54) is 6.07 Å². The number of halogens is 2. The van der Waals surface area contributed by atoms with Crippen LogP contribution in [0.15, 0.2) is 18.2 Å². The van der Waals surface area contributed by atoms with Crippen LogP contribution >= 0.6 is 0 Å². The summed E-state index contributed by atoms with van der Waals surface area (Å²) in [4.78, 5) is 11.6. The van der Waals surface area contributed by atoms with E-state index in [4.69, 9.17) is 0 Å². The van der Waals surface area contributed by atoms with E-state index in [9.17, 15) is 13.6 Å². The monoisotopic (exact) mass is 197 g/mol. The average Bonchev–Trinajstić information content (AvgIpc) is 2.00. The highest BCUT2D eigenvalue weighted by molar-refractivity contribution is 5.98. The second-order valence-electron chi connectivity index (χ2n) is 3.34. The molecule has 1 aromatic rings. The summed E-state index contributed by atoms with van der Waals surface area (Å²) in [7, 11) is 0. The molecule has 0 saturated carbocycles. The number of Topliss-reactive ketones (excluding diaryl/α,β-unsaturated/α-hetero) is 1. The van der Waals surface area contributed by atoms with E-state index >= 15 is 0 Å². The number of ketones is 1. The second kappa shape index (κ2) is 3.46. The number of carbonyl (C=O) groups is 1. The van der Waals surface area contributed by atoms with Crippen LogP contribution in [-0.4, -0.2) is 18.9 Å². The summed E-state index contributed by atoms with van der Waals surface area (Å²) in [6, 6.07) is 3.03. The van der Waals surface area contributed by atoms with E-state index in [0.29, 0.717) is 13.1 Å². The Bertz CT molecular complexity index is 374. The van der Waals surface area contributed by atoms with Crippen molar-refractivity contribution in [3.8, 4) is 0 Å². The third-order valence-electron chi connectivity index (χ3n) is 2.35. The molecule has 1 N–H and O–H groups in total. The van der Waals surface area contributed by atoms with Gasteiger partial charge in [-0.1, -0.05) is 0 Å². The molecule has 1 aliphatic rings. The number of rotatable bonds is 2. The van der Waals surface area contributed by atoms with Gasteiger partial charge in [-0.15, -0.1) is 0 Å². The molecular formula is C10H9F2NO. The minimum atomic E-state index is -0.776. The van der Waals surface area contributed by atoms with Crippen LogP contribution in [0.5, 0.6) is 0 Å². The van der Waals surface area contributed by atoms with Gasteiger partial charge in [-0.3, -0.25) is 4.79 Å². The Kier molecular flexibility index (Phi) is 2.29. The van der Waals surface area contributed by atoms with Crippen molar-refractivity contribution in [1.82, 2.24) is 5.32 Å². The Morgan fingerprint density at radius 1 is 1.36 bits per heavy atom. The Hall–Kier alpha value is -1.29. The molecule has 0 atom stereocenters. The summed E-state index contributed by atoms with van der Waals surface area (Å²) >= 11 is 0. The summed E-state index contributed by atoms with van der Waals surface area (Å²) in [6.45, 7) is 1.16. The largest absolute Gasteiger partial charge is 0.315 e. The minimum absolute atomic E-state index is 0.0158. The zero-order valence-electron chi connectivity index (χ0n) is 7.39. The Morgan fingerprint density at radius 2 is 2.07 bits per heavy atom. The van der Waals surface area contributed by atoms with Gasteiger partial charge in [-0.25, -0.2) is 8.78 Å². The summed E-state index contributed by atoms with van der Waals surface area (Å²) in [5.41, 5.74) is -0.0158. The fraction of sp³-hybridized carbons (Fsp3) is 0.300. The van der Waals surface area contributed by atoms with Crippen molar-refractivity contribution in [2.75, 3.05) is 13.1 Å². The molecule has 2 rings (SSSR count). The maximum Gasteiger partial charge on any atom is 0.171 e. The quantitative estimate of drug-likeness (QED) is 0.725. The van der Waals surface area contributed by atoms with E-state index in [1.807, 2.05) is 0 Å². The van der Waals surface area contributed by atoms with Crippen molar-refractivity contribution in [1.29, 1.82) is 0 Å². The summed E-state index contributed by atoms with van der Waals surface area (Å²) in [6.07, 6.45) is 0. The lowest BCUT2D eigenvalue weighted by Gasteiger charge is -2.25. The topological polar surface area (TPSA) is 29.1 Å². The van der Waals surface area contributed by atoms with Gasteiger partial charge in [0.2, 0.25) is 0 Å². The molecule has 0 amide bonds. The predicted octanol–water partition coefficient (Wildman–Crippen LogP) is 1.37. The van der Waals surface area contributed by atoms with E-state index in [-0.39, 0.29) is 17.3 Å². The van der Waals surface area contributed by atoms with Crippen LogP contribution < -0.4 is 5.32 Å². The fourth-order valence-corrected chi connectivity index (χ4v) is 1.38. The van der Waals surface area contributed by atoms with Gasteiger partial charge in [0.05, 0.1) is 5.56 Å². The van der Waals surface area contributed by atoms with Crippen molar-refractivity contribution < 1.29 is 13.6 Å². The van der Waals surface area contributed by atoms with Gasteiger partial charge < -0.3 is 5.32 Å². The number of carbonyl (C=O) groups excluding carboxylic acids is 1. The zero-order chi connectivity index (χ0) is 10.1. The van der Waals surface area contributed by atoms with Crippen LogP contribution in [0.2, 0.25) is 0 Å². The van der Waals surface area contributed by atoms with Gasteiger partial charge in [-0.2, -0.15) is 0 Å². The number of benzene rings is 1. The first-order chi connectivity index (χ1) is 6.68. The highest BCUT2D eigenvalue weighted by Gasteiger charge is 2.27. The molecule has 1 saturated heterocycles. The Balaban J connectivity index is 2.26. The van der Waals surface area contributed by atoms with Crippen LogP contribution in [0.1, 0.15) is 10.4 Å². The van der Waals surface area contributed by atoms with Crippen LogP contribution in [0.4, 0.5) is 8.78 Å². The van der Waals surface area contributed by atoms with Gasteiger partial charge in [0.1, 0.15) is 11.6 Å². The molecule has 0 radical (unpaired) electrons. The molecule has 0 aliphatic carbocycles. The predicted molar refractivity (Wildman–Crippen MR) is 47.0 cm³/mol. The fourth-order valence-electron chi connectivity index (χ4n) is 1.38. The molecule has 0 spiro atoms. The molecule has 1 aliphatic heterocycles. The second-order valence-corrected chi connectivity index (χ2v) is 3.34. The first-order valence-corrected chi connectivity index (χ1v) is 4.38. The number of hydrogen-bond donors (Lipinski definition) is 1. The van der Waals surface area contributed by atoms with Crippen molar-refractivity contribution in [2.24, 2.45) is 5.92 Å². The molecule has 14 heavy (non-hydrogen) atoms. The van der Waals surface area contributed by atoms with Crippen molar-refractivity contribution >= 4 is 5.78 Å². The minimum Gasteiger partial charge on any atom is -0.315 e. The molecule has 4 heteroatoms. The molecule has 1 aromatic carbocycles. The molecule has 74 valence electrons. The maximum atomic E-state index is 13.1. The van der Waals surface area contributed by atoms with Crippen LogP contribution in [0.25, 0.3) is 0 Å². The molecule has 0 aromatic heterocycles. The smallest absolute Gasteiger partial charge is 0.171 e. The summed E-state index contributed by atoms with van der Waals surface area (Å²) in [5, 5.41) is 2.93. The van der Waals surface area contributed by atoms with E-state index < -0.39 is 11.6 Å². The van der Waals surface area contributed by atoms with Crippen molar-refractivity contribution in [3.63, 3.8) is 0 Å². The molecule has 0 bridgehead atoms. The van der Waals surface area contributed by atoms with E-state index in [1.54, 1.807) is 0 Å². The number of nitrogens with one attached hydrogen (secondary N) is 1. The van der Waals surface area contributed by atoms with Gasteiger partial charge in [0, 0.05) is 25.1 Å². The highest BCUT2D eigenvalue weighted by atomic mass is 19.1. The standard InChI is InChI=1S/C10H9F2NO/c11-7-1-2-8(9(12)3-7)10(14)6-4-13-5-6/h1-3,6,13H,4-5H2. The first-order valence-electron chi connectivity index (χ1n) is 4.38. The van der Waals surface area contributed by atoms with Gasteiger partial charge in [0.25, 0.3) is 0 Å². The van der Waals surface area contributed by atoms with Gasteiger partial charge in [0.15, 0.2) is 5.78 Å². The van der Waals surface area contributed by atoms with Crippen LogP contribution in [0, 0.1) is 17.6 Å². The lowest BCUT2D eigenvalue weighted by molar-refractivity contribution is 0.0874. The van der Waals surface area contributed by atoms with E-state index in [2.05, 4.69) is 5.32 Å². The molecule has 2 nitrogen and oxygen atoms in total. The molecule has 1 fully saturated rings. The summed E-state index contributed by atoms with van der Waals surface area (Å²) < 4.78 is 25.7. The molecule has 1 heterocycles. The van der Waals surface area contributed by atoms with Gasteiger partial charge >= 0.3 is 0 Å².